The first-order valence-electron chi connectivity index (χ1n) is 7.62. The molecular formula is C17H18ClN4O2S+. The minimum absolute atomic E-state index is 0.170. The van der Waals surface area contributed by atoms with E-state index < -0.39 is 0 Å². The van der Waals surface area contributed by atoms with Gasteiger partial charge in [0.2, 0.25) is 5.91 Å². The normalized spacial score (nSPS) is 11.4. The summed E-state index contributed by atoms with van der Waals surface area (Å²) in [6.07, 6.45) is 0.258. The van der Waals surface area contributed by atoms with Crippen LogP contribution in [0.4, 0.5) is 10.7 Å². The van der Waals surface area contributed by atoms with E-state index in [2.05, 4.69) is 10.6 Å². The Hall–Kier alpha value is -2.40. The molecule has 8 heteroatoms. The summed E-state index contributed by atoms with van der Waals surface area (Å²) < 4.78 is 0. The molecule has 1 aromatic heterocycles. The number of hydrogen-bond acceptors (Lipinski definition) is 4. The molecule has 6 nitrogen and oxygen atoms in total. The number of nitriles is 1. The number of hydrogen-bond donors (Lipinski definition) is 3. The van der Waals surface area contributed by atoms with Crippen molar-refractivity contribution in [1.29, 1.82) is 5.26 Å². The third-order valence-corrected chi connectivity index (χ3v) is 4.59. The molecule has 0 aliphatic rings. The Kier molecular flexibility index (Phi) is 6.95. The average Bonchev–Trinajstić information content (AvgIpc) is 3.02. The van der Waals surface area contributed by atoms with Crippen LogP contribution in [-0.4, -0.2) is 32.0 Å². The Labute approximate surface area is 155 Å². The summed E-state index contributed by atoms with van der Waals surface area (Å²) in [4.78, 5) is 24.9. The van der Waals surface area contributed by atoms with Gasteiger partial charge in [-0.3, -0.25) is 9.59 Å². The summed E-state index contributed by atoms with van der Waals surface area (Å²) in [5, 5.41) is 17.2. The maximum atomic E-state index is 12.0. The lowest BCUT2D eigenvalue weighted by molar-refractivity contribution is -0.870. The Balaban J connectivity index is 1.75. The highest BCUT2D eigenvalue weighted by molar-refractivity contribution is 7.14. The number of benzene rings is 1. The van der Waals surface area contributed by atoms with Crippen LogP contribution in [0.5, 0.6) is 0 Å². The van der Waals surface area contributed by atoms with Gasteiger partial charge in [-0.2, -0.15) is 5.26 Å². The monoisotopic (exact) mass is 377 g/mol. The molecule has 0 fully saturated rings. The Morgan fingerprint density at radius 1 is 1.24 bits per heavy atom. The highest BCUT2D eigenvalue weighted by Gasteiger charge is 2.14. The predicted molar refractivity (Wildman–Crippen MR) is 99.0 cm³/mol. The molecule has 1 atom stereocenters. The number of quaternary nitrogens is 1. The first-order chi connectivity index (χ1) is 12.0. The van der Waals surface area contributed by atoms with E-state index >= 15 is 0 Å². The number of halogens is 1. The van der Waals surface area contributed by atoms with Gasteiger partial charge in [0.1, 0.15) is 11.1 Å². The largest absolute Gasteiger partial charge is 0.329 e. The summed E-state index contributed by atoms with van der Waals surface area (Å²) in [5.74, 6) is -0.346. The fourth-order valence-corrected chi connectivity index (χ4v) is 3.07. The van der Waals surface area contributed by atoms with Crippen molar-refractivity contribution in [3.05, 3.63) is 46.3 Å². The van der Waals surface area contributed by atoms with E-state index in [9.17, 15) is 9.59 Å². The number of rotatable bonds is 7. The average molecular weight is 378 g/mol. The van der Waals surface area contributed by atoms with Gasteiger partial charge in [-0.15, -0.1) is 11.3 Å². The smallest absolute Gasteiger partial charge is 0.279 e. The number of carbonyl (C=O) groups excluding carboxylic acids is 2. The van der Waals surface area contributed by atoms with Crippen LogP contribution in [0.15, 0.2) is 35.7 Å². The number of carbonyl (C=O) groups is 2. The van der Waals surface area contributed by atoms with Crippen LogP contribution in [0.1, 0.15) is 12.0 Å². The fraction of sp³-hybridized carbons (Fsp3) is 0.235. The molecule has 0 saturated heterocycles. The summed E-state index contributed by atoms with van der Waals surface area (Å²) >= 11 is 7.32. The molecule has 0 aliphatic heterocycles. The van der Waals surface area contributed by atoms with Crippen molar-refractivity contribution in [3.8, 4) is 6.07 Å². The van der Waals surface area contributed by atoms with Gasteiger partial charge < -0.3 is 15.5 Å². The van der Waals surface area contributed by atoms with E-state index in [1.54, 1.807) is 35.7 Å². The molecule has 2 rings (SSSR count). The number of likely N-dealkylation sites (N-methyl/N-ethyl adjacent to an activating group) is 1. The molecular weight excluding hydrogens is 360 g/mol. The van der Waals surface area contributed by atoms with Crippen LogP contribution in [0.25, 0.3) is 0 Å². The van der Waals surface area contributed by atoms with Crippen LogP contribution in [0, 0.1) is 11.3 Å². The maximum absolute atomic E-state index is 12.0. The zero-order valence-corrected chi connectivity index (χ0v) is 15.2. The molecule has 130 valence electrons. The lowest BCUT2D eigenvalue weighted by atomic mass is 10.3. The Bertz CT molecular complexity index is 800. The number of anilines is 2. The van der Waals surface area contributed by atoms with Crippen molar-refractivity contribution in [3.63, 3.8) is 0 Å². The third kappa shape index (κ3) is 5.87. The molecule has 0 saturated carbocycles. The predicted octanol–water partition coefficient (Wildman–Crippen LogP) is 1.76. The van der Waals surface area contributed by atoms with Crippen molar-refractivity contribution in [2.45, 2.75) is 6.42 Å². The van der Waals surface area contributed by atoms with Crippen LogP contribution in [0.3, 0.4) is 0 Å². The summed E-state index contributed by atoms with van der Waals surface area (Å²) in [5.41, 5.74) is 1.03. The second-order valence-corrected chi connectivity index (χ2v) is 6.81. The van der Waals surface area contributed by atoms with Crippen LogP contribution >= 0.6 is 22.9 Å². The molecule has 0 spiro atoms. The van der Waals surface area contributed by atoms with Crippen molar-refractivity contribution < 1.29 is 14.5 Å². The highest BCUT2D eigenvalue weighted by Crippen LogP contribution is 2.22. The van der Waals surface area contributed by atoms with Crippen molar-refractivity contribution in [2.75, 3.05) is 30.8 Å². The number of nitrogens with one attached hydrogen (secondary N) is 3. The second-order valence-electron chi connectivity index (χ2n) is 5.49. The van der Waals surface area contributed by atoms with Gasteiger partial charge in [0.05, 0.1) is 36.3 Å². The Morgan fingerprint density at radius 2 is 2.00 bits per heavy atom. The topological polar surface area (TPSA) is 86.4 Å². The van der Waals surface area contributed by atoms with Crippen LogP contribution in [-0.2, 0) is 9.59 Å². The number of para-hydroxylation sites is 1. The number of nitrogens with zero attached hydrogens (tertiary/aromatic N) is 1. The number of amides is 2. The lowest BCUT2D eigenvalue weighted by Gasteiger charge is -2.14. The fourth-order valence-electron chi connectivity index (χ4n) is 2.13. The summed E-state index contributed by atoms with van der Waals surface area (Å²) in [6, 6.07) is 10.7. The molecule has 3 N–H and O–H groups in total. The molecule has 1 aromatic carbocycles. The zero-order chi connectivity index (χ0) is 18.2. The van der Waals surface area contributed by atoms with E-state index in [1.165, 1.54) is 11.3 Å². The van der Waals surface area contributed by atoms with Crippen molar-refractivity contribution in [1.82, 2.24) is 0 Å². The molecule has 2 aromatic rings. The zero-order valence-electron chi connectivity index (χ0n) is 13.6. The maximum Gasteiger partial charge on any atom is 0.279 e. The first-order valence-corrected chi connectivity index (χ1v) is 8.88. The van der Waals surface area contributed by atoms with E-state index in [0.717, 1.165) is 4.90 Å². The quantitative estimate of drug-likeness (QED) is 0.687. The van der Waals surface area contributed by atoms with Gasteiger partial charge in [-0.25, -0.2) is 0 Å². The van der Waals surface area contributed by atoms with E-state index in [1.807, 2.05) is 13.1 Å². The van der Waals surface area contributed by atoms with Crippen molar-refractivity contribution >= 4 is 45.4 Å². The van der Waals surface area contributed by atoms with Gasteiger partial charge in [0, 0.05) is 0 Å². The molecule has 25 heavy (non-hydrogen) atoms. The van der Waals surface area contributed by atoms with Gasteiger partial charge in [0.25, 0.3) is 5.91 Å². The minimum Gasteiger partial charge on any atom is -0.329 e. The van der Waals surface area contributed by atoms with E-state index in [0.29, 0.717) is 27.8 Å². The van der Waals surface area contributed by atoms with Gasteiger partial charge in [0.15, 0.2) is 6.54 Å². The van der Waals surface area contributed by atoms with E-state index in [4.69, 9.17) is 16.9 Å². The molecule has 1 unspecified atom stereocenters. The van der Waals surface area contributed by atoms with E-state index in [-0.39, 0.29) is 24.8 Å². The standard InChI is InChI=1S/C17H17ClN4O2S/c1-22(11-16(24)20-14-5-3-2-4-13(14)18)8-6-15(23)21-17-12(10-19)7-9-25-17/h2-5,7,9H,6,8,11H2,1H3,(H,20,24)(H,21,23)/p+1. The molecule has 1 heterocycles. The molecule has 2 amide bonds. The summed E-state index contributed by atoms with van der Waals surface area (Å²) in [7, 11) is 1.84. The Morgan fingerprint density at radius 3 is 2.72 bits per heavy atom. The minimum atomic E-state index is -0.176. The first kappa shape index (κ1) is 18.9. The third-order valence-electron chi connectivity index (χ3n) is 3.43. The van der Waals surface area contributed by atoms with Crippen LogP contribution < -0.4 is 15.5 Å². The summed E-state index contributed by atoms with van der Waals surface area (Å²) in [6.45, 7) is 0.718. The highest BCUT2D eigenvalue weighted by atomic mass is 35.5. The molecule has 0 bridgehead atoms. The van der Waals surface area contributed by atoms with Crippen LogP contribution in [0.2, 0.25) is 5.02 Å². The van der Waals surface area contributed by atoms with Gasteiger partial charge in [-0.1, -0.05) is 23.7 Å². The van der Waals surface area contributed by atoms with Crippen molar-refractivity contribution in [2.24, 2.45) is 0 Å². The molecule has 0 radical (unpaired) electrons. The van der Waals surface area contributed by atoms with Gasteiger partial charge >= 0.3 is 0 Å². The lowest BCUT2D eigenvalue weighted by Crippen LogP contribution is -3.10. The second kappa shape index (κ2) is 9.18. The molecule has 0 aliphatic carbocycles. The van der Waals surface area contributed by atoms with Gasteiger partial charge in [-0.05, 0) is 23.6 Å². The SMILES string of the molecule is C[NH+](CCC(=O)Nc1sccc1C#N)CC(=O)Nc1ccccc1Cl. The number of thiophene rings is 1.